The number of hydrogen-bond donors (Lipinski definition) is 0. The lowest BCUT2D eigenvalue weighted by Gasteiger charge is -1.95. The van der Waals surface area contributed by atoms with Gasteiger partial charge in [0.05, 0.1) is 5.02 Å². The fourth-order valence-electron chi connectivity index (χ4n) is 0.912. The molecule has 0 aliphatic rings. The van der Waals surface area contributed by atoms with Crippen molar-refractivity contribution in [3.8, 4) is 11.8 Å². The van der Waals surface area contributed by atoms with Gasteiger partial charge in [-0.05, 0) is 18.2 Å². The number of carbonyl (C=O) groups is 1. The quantitative estimate of drug-likeness (QED) is 0.458. The van der Waals surface area contributed by atoms with E-state index in [2.05, 4.69) is 27.8 Å². The lowest BCUT2D eigenvalue weighted by molar-refractivity contribution is 0.112. The van der Waals surface area contributed by atoms with Crippen LogP contribution in [0.3, 0.4) is 0 Å². The molecule has 0 amide bonds. The zero-order valence-corrected chi connectivity index (χ0v) is 9.73. The van der Waals surface area contributed by atoms with Crippen LogP contribution in [0.2, 0.25) is 5.02 Å². The number of benzene rings is 1. The molecule has 0 unspecified atom stereocenters. The molecule has 0 saturated carbocycles. The van der Waals surface area contributed by atoms with E-state index in [1.807, 2.05) is 0 Å². The van der Waals surface area contributed by atoms with Crippen LogP contribution in [0.1, 0.15) is 22.3 Å². The third-order valence-corrected chi connectivity index (χ3v) is 2.30. The summed E-state index contributed by atoms with van der Waals surface area (Å²) in [4.78, 5) is 10.5. The van der Waals surface area contributed by atoms with E-state index in [4.69, 9.17) is 11.6 Å². The first-order chi connectivity index (χ1) is 6.77. The second-order valence-corrected chi connectivity index (χ2v) is 3.80. The van der Waals surface area contributed by atoms with Crippen molar-refractivity contribution in [1.29, 1.82) is 0 Å². The highest BCUT2D eigenvalue weighted by Gasteiger charge is 1.98. The van der Waals surface area contributed by atoms with E-state index in [-0.39, 0.29) is 0 Å². The van der Waals surface area contributed by atoms with E-state index in [9.17, 15) is 4.79 Å². The lowest BCUT2D eigenvalue weighted by atomic mass is 10.1. The zero-order valence-electron chi connectivity index (χ0n) is 7.39. The van der Waals surface area contributed by atoms with E-state index in [1.165, 1.54) is 0 Å². The van der Waals surface area contributed by atoms with Crippen LogP contribution in [0.5, 0.6) is 0 Å². The van der Waals surface area contributed by atoms with E-state index in [0.717, 1.165) is 23.6 Å². The summed E-state index contributed by atoms with van der Waals surface area (Å²) in [7, 11) is 0. The minimum atomic E-state index is 0.450. The highest BCUT2D eigenvalue weighted by Crippen LogP contribution is 2.15. The molecule has 0 aliphatic heterocycles. The average molecular weight is 272 g/mol. The highest BCUT2D eigenvalue weighted by molar-refractivity contribution is 9.09. The van der Waals surface area contributed by atoms with Crippen molar-refractivity contribution in [2.75, 3.05) is 5.33 Å². The van der Waals surface area contributed by atoms with Gasteiger partial charge in [-0.25, -0.2) is 0 Å². The van der Waals surface area contributed by atoms with E-state index in [0.29, 0.717) is 10.6 Å². The van der Waals surface area contributed by atoms with Gasteiger partial charge in [-0.2, -0.15) is 0 Å². The van der Waals surface area contributed by atoms with Gasteiger partial charge in [-0.1, -0.05) is 39.4 Å². The molecule has 0 spiro atoms. The van der Waals surface area contributed by atoms with Crippen molar-refractivity contribution >= 4 is 33.8 Å². The van der Waals surface area contributed by atoms with Crippen LogP contribution in [-0.2, 0) is 0 Å². The second kappa shape index (κ2) is 5.85. The first-order valence-corrected chi connectivity index (χ1v) is 5.57. The molecule has 0 fully saturated rings. The molecular weight excluding hydrogens is 263 g/mol. The Hall–Kier alpha value is -0.780. The predicted molar refractivity (Wildman–Crippen MR) is 62.1 cm³/mol. The highest BCUT2D eigenvalue weighted by atomic mass is 79.9. The molecule has 1 nitrogen and oxygen atoms in total. The Morgan fingerprint density at radius 2 is 2.29 bits per heavy atom. The SMILES string of the molecule is O=Cc1ccc(C#CCCBr)cc1Cl. The Balaban J connectivity index is 2.88. The topological polar surface area (TPSA) is 17.1 Å². The number of carbonyl (C=O) groups excluding carboxylic acids is 1. The molecule has 0 radical (unpaired) electrons. The number of halogens is 2. The van der Waals surface area contributed by atoms with Crippen molar-refractivity contribution < 1.29 is 4.79 Å². The molecule has 1 aromatic rings. The fraction of sp³-hybridized carbons (Fsp3) is 0.182. The largest absolute Gasteiger partial charge is 0.298 e. The van der Waals surface area contributed by atoms with Crippen LogP contribution in [0.15, 0.2) is 18.2 Å². The minimum absolute atomic E-state index is 0.450. The molecule has 1 rings (SSSR count). The standard InChI is InChI=1S/C11H8BrClO/c12-6-2-1-3-9-4-5-10(8-14)11(13)7-9/h4-5,7-8H,2,6H2. The Kier molecular flexibility index (Phi) is 4.72. The molecule has 1 aromatic carbocycles. The maximum atomic E-state index is 10.5. The van der Waals surface area contributed by atoms with Gasteiger partial charge in [0.15, 0.2) is 6.29 Å². The molecule has 0 heterocycles. The van der Waals surface area contributed by atoms with Crippen molar-refractivity contribution in [3.05, 3.63) is 34.3 Å². The fourth-order valence-corrected chi connectivity index (χ4v) is 1.34. The third-order valence-electron chi connectivity index (χ3n) is 1.58. The molecule has 0 saturated heterocycles. The molecule has 3 heteroatoms. The first-order valence-electron chi connectivity index (χ1n) is 4.07. The molecule has 72 valence electrons. The summed E-state index contributed by atoms with van der Waals surface area (Å²) in [6.45, 7) is 0. The Bertz CT molecular complexity index is 390. The van der Waals surface area contributed by atoms with Crippen molar-refractivity contribution in [2.24, 2.45) is 0 Å². The van der Waals surface area contributed by atoms with Crippen molar-refractivity contribution in [3.63, 3.8) is 0 Å². The van der Waals surface area contributed by atoms with Crippen molar-refractivity contribution in [2.45, 2.75) is 6.42 Å². The maximum Gasteiger partial charge on any atom is 0.151 e. The van der Waals surface area contributed by atoms with Crippen LogP contribution in [0.25, 0.3) is 0 Å². The van der Waals surface area contributed by atoms with Gasteiger partial charge in [0.2, 0.25) is 0 Å². The summed E-state index contributed by atoms with van der Waals surface area (Å²) in [5.74, 6) is 5.93. The zero-order chi connectivity index (χ0) is 10.4. The molecule has 0 aromatic heterocycles. The summed E-state index contributed by atoms with van der Waals surface area (Å²) in [6.07, 6.45) is 1.53. The van der Waals surface area contributed by atoms with Gasteiger partial charge in [-0.15, -0.1) is 0 Å². The summed E-state index contributed by atoms with van der Waals surface area (Å²) >= 11 is 9.12. The molecule has 0 N–H and O–H groups in total. The van der Waals surface area contributed by atoms with Crippen LogP contribution in [0, 0.1) is 11.8 Å². The van der Waals surface area contributed by atoms with E-state index < -0.39 is 0 Å². The smallest absolute Gasteiger partial charge is 0.151 e. The van der Waals surface area contributed by atoms with Gasteiger partial charge in [0.25, 0.3) is 0 Å². The monoisotopic (exact) mass is 270 g/mol. The Morgan fingerprint density at radius 3 is 2.86 bits per heavy atom. The van der Waals surface area contributed by atoms with Crippen LogP contribution in [0.4, 0.5) is 0 Å². The number of aldehydes is 1. The molecule has 0 bridgehead atoms. The normalized spacial score (nSPS) is 9.00. The molecular formula is C11H8BrClO. The third kappa shape index (κ3) is 3.17. The molecule has 14 heavy (non-hydrogen) atoms. The maximum absolute atomic E-state index is 10.5. The van der Waals surface area contributed by atoms with Gasteiger partial charge in [0.1, 0.15) is 0 Å². The Labute approximate surface area is 96.6 Å². The van der Waals surface area contributed by atoms with Crippen LogP contribution in [-0.4, -0.2) is 11.6 Å². The number of rotatable bonds is 2. The van der Waals surface area contributed by atoms with Crippen molar-refractivity contribution in [1.82, 2.24) is 0 Å². The molecule has 0 aliphatic carbocycles. The second-order valence-electron chi connectivity index (χ2n) is 2.59. The first kappa shape index (κ1) is 11.3. The minimum Gasteiger partial charge on any atom is -0.298 e. The van der Waals surface area contributed by atoms with Gasteiger partial charge in [-0.3, -0.25) is 4.79 Å². The van der Waals surface area contributed by atoms with Crippen LogP contribution >= 0.6 is 27.5 Å². The van der Waals surface area contributed by atoms with Gasteiger partial charge in [0, 0.05) is 22.9 Å². The average Bonchev–Trinajstić information content (AvgIpc) is 2.18. The summed E-state index contributed by atoms with van der Waals surface area (Å²) in [5.41, 5.74) is 1.33. The summed E-state index contributed by atoms with van der Waals surface area (Å²) in [5, 5.41) is 1.31. The number of hydrogen-bond acceptors (Lipinski definition) is 1. The van der Waals surface area contributed by atoms with E-state index >= 15 is 0 Å². The Morgan fingerprint density at radius 1 is 1.50 bits per heavy atom. The predicted octanol–water partition coefficient (Wildman–Crippen LogP) is 3.29. The van der Waals surface area contributed by atoms with Gasteiger partial charge < -0.3 is 0 Å². The summed E-state index contributed by atoms with van der Waals surface area (Å²) in [6, 6.07) is 5.16. The summed E-state index contributed by atoms with van der Waals surface area (Å²) < 4.78 is 0. The number of alkyl halides is 1. The van der Waals surface area contributed by atoms with Crippen LogP contribution < -0.4 is 0 Å². The lowest BCUT2D eigenvalue weighted by Crippen LogP contribution is -1.83. The van der Waals surface area contributed by atoms with E-state index in [1.54, 1.807) is 18.2 Å². The van der Waals surface area contributed by atoms with Gasteiger partial charge >= 0.3 is 0 Å². The molecule has 0 atom stereocenters.